The molecule has 1 aliphatic heterocycles. The molecule has 1 aromatic rings. The molecule has 0 aromatic heterocycles. The molecule has 124 valence electrons. The van der Waals surface area contributed by atoms with Gasteiger partial charge in [0.1, 0.15) is 4.90 Å². The highest BCUT2D eigenvalue weighted by molar-refractivity contribution is 8.13. The zero-order valence-electron chi connectivity index (χ0n) is 12.2. The first-order valence-corrected chi connectivity index (χ1v) is 8.94. The van der Waals surface area contributed by atoms with Gasteiger partial charge in [-0.2, -0.15) is 0 Å². The second-order valence-electron chi connectivity index (χ2n) is 5.03. The second-order valence-corrected chi connectivity index (χ2v) is 7.91. The standard InChI is InChI=1S/C12H17ClN3O3S2.BrH/c1-15(2)11-16(3)12(17,7-20-11)8-4-5-9(13)10(6-8)21(14,18)19;/h4-6,17H,7H2,1-3H3,(H2,14,18,19);1H/q+1;/p-1. The van der Waals surface area contributed by atoms with E-state index in [0.717, 1.165) is 5.17 Å². The Balaban J connectivity index is 0.00000242. The maximum atomic E-state index is 11.6. The molecule has 10 heteroatoms. The van der Waals surface area contributed by atoms with Crippen LogP contribution in [0.25, 0.3) is 0 Å². The number of primary sulfonamides is 1. The van der Waals surface area contributed by atoms with Gasteiger partial charge in [0.15, 0.2) is 0 Å². The van der Waals surface area contributed by atoms with Crippen LogP contribution < -0.4 is 22.1 Å². The molecule has 2 rings (SSSR count). The Kier molecular flexibility index (Phi) is 5.97. The molecule has 6 nitrogen and oxygen atoms in total. The minimum absolute atomic E-state index is 0. The van der Waals surface area contributed by atoms with E-state index in [0.29, 0.717) is 11.3 Å². The fourth-order valence-corrected chi connectivity index (χ4v) is 4.56. The highest BCUT2D eigenvalue weighted by Gasteiger charge is 2.49. The van der Waals surface area contributed by atoms with Crippen LogP contribution in [0.15, 0.2) is 23.1 Å². The van der Waals surface area contributed by atoms with Crippen molar-refractivity contribution in [3.8, 4) is 0 Å². The van der Waals surface area contributed by atoms with Crippen molar-refractivity contribution in [1.82, 2.24) is 4.90 Å². The maximum Gasteiger partial charge on any atom is 0.310 e. The molecule has 0 bridgehead atoms. The summed E-state index contributed by atoms with van der Waals surface area (Å²) in [6.45, 7) is 0. The lowest BCUT2D eigenvalue weighted by Gasteiger charge is -2.26. The Labute approximate surface area is 149 Å². The van der Waals surface area contributed by atoms with E-state index in [-0.39, 0.29) is 26.9 Å². The molecule has 1 saturated heterocycles. The van der Waals surface area contributed by atoms with Gasteiger partial charge < -0.3 is 22.1 Å². The molecule has 0 amide bonds. The number of halogens is 2. The van der Waals surface area contributed by atoms with Gasteiger partial charge in [-0.1, -0.05) is 17.7 Å². The van der Waals surface area contributed by atoms with Crippen molar-refractivity contribution in [3.63, 3.8) is 0 Å². The number of amidine groups is 1. The molecule has 0 spiro atoms. The van der Waals surface area contributed by atoms with Crippen LogP contribution in [0.3, 0.4) is 0 Å². The number of hydrogen-bond donors (Lipinski definition) is 2. The minimum Gasteiger partial charge on any atom is -1.00 e. The first-order valence-electron chi connectivity index (χ1n) is 6.03. The third kappa shape index (κ3) is 3.44. The van der Waals surface area contributed by atoms with Crippen molar-refractivity contribution >= 4 is 38.6 Å². The second kappa shape index (κ2) is 6.66. The van der Waals surface area contributed by atoms with Crippen molar-refractivity contribution in [1.29, 1.82) is 0 Å². The van der Waals surface area contributed by atoms with Crippen molar-refractivity contribution in [2.24, 2.45) is 5.14 Å². The fraction of sp³-hybridized carbons (Fsp3) is 0.417. The molecule has 1 aromatic carbocycles. The molecule has 0 saturated carbocycles. The average Bonchev–Trinajstić information content (AvgIpc) is 2.66. The van der Waals surface area contributed by atoms with Crippen molar-refractivity contribution in [2.75, 3.05) is 26.9 Å². The Hall–Kier alpha value is -0.320. The van der Waals surface area contributed by atoms with E-state index in [4.69, 9.17) is 16.7 Å². The summed E-state index contributed by atoms with van der Waals surface area (Å²) in [6.07, 6.45) is 0. The minimum atomic E-state index is -3.95. The predicted octanol–water partition coefficient (Wildman–Crippen LogP) is -2.56. The number of thioether (sulfide) groups is 1. The van der Waals surface area contributed by atoms with Gasteiger partial charge in [-0.25, -0.2) is 18.5 Å². The number of aliphatic hydroxyl groups is 1. The van der Waals surface area contributed by atoms with Crippen molar-refractivity contribution < 1.29 is 35.1 Å². The fourth-order valence-electron chi connectivity index (χ4n) is 2.19. The van der Waals surface area contributed by atoms with E-state index in [1.807, 2.05) is 18.7 Å². The average molecular weight is 431 g/mol. The van der Waals surface area contributed by atoms with E-state index >= 15 is 0 Å². The monoisotopic (exact) mass is 429 g/mol. The molecule has 1 unspecified atom stereocenters. The Bertz CT molecular complexity index is 722. The van der Waals surface area contributed by atoms with Gasteiger partial charge >= 0.3 is 5.17 Å². The molecule has 1 aliphatic rings. The van der Waals surface area contributed by atoms with Crippen LogP contribution >= 0.6 is 23.4 Å². The van der Waals surface area contributed by atoms with Gasteiger partial charge in [0.05, 0.1) is 31.9 Å². The Morgan fingerprint density at radius 1 is 1.45 bits per heavy atom. The summed E-state index contributed by atoms with van der Waals surface area (Å²) < 4.78 is 25.0. The van der Waals surface area contributed by atoms with Crippen LogP contribution in [-0.2, 0) is 15.7 Å². The zero-order chi connectivity index (χ0) is 16.0. The molecule has 3 N–H and O–H groups in total. The summed E-state index contributed by atoms with van der Waals surface area (Å²) in [7, 11) is 1.56. The van der Waals surface area contributed by atoms with E-state index < -0.39 is 15.7 Å². The third-order valence-electron chi connectivity index (χ3n) is 3.33. The lowest BCUT2D eigenvalue weighted by Crippen LogP contribution is -3.00. The van der Waals surface area contributed by atoms with E-state index in [1.54, 1.807) is 18.0 Å². The highest BCUT2D eigenvalue weighted by Crippen LogP contribution is 2.38. The SMILES string of the molecule is CN1C(=[N+](C)C)SCC1(O)c1ccc(Cl)c(S(N)(=O)=O)c1.[Br-]. The third-order valence-corrected chi connectivity index (χ3v) is 6.16. The van der Waals surface area contributed by atoms with E-state index in [1.165, 1.54) is 23.9 Å². The molecule has 1 heterocycles. The summed E-state index contributed by atoms with van der Waals surface area (Å²) in [6, 6.07) is 4.36. The normalized spacial score (nSPS) is 21.7. The Morgan fingerprint density at radius 3 is 2.50 bits per heavy atom. The van der Waals surface area contributed by atoms with Crippen LogP contribution in [0.5, 0.6) is 0 Å². The lowest BCUT2D eigenvalue weighted by atomic mass is 10.0. The quantitative estimate of drug-likeness (QED) is 0.504. The number of nitrogens with two attached hydrogens (primary N) is 1. The number of benzene rings is 1. The summed E-state index contributed by atoms with van der Waals surface area (Å²) in [5.41, 5.74) is -0.878. The van der Waals surface area contributed by atoms with Crippen LogP contribution in [-0.4, -0.2) is 55.1 Å². The number of nitrogens with zero attached hydrogens (tertiary/aromatic N) is 2. The number of hydrogen-bond acceptors (Lipinski definition) is 4. The first kappa shape index (κ1) is 19.7. The maximum absolute atomic E-state index is 11.6. The van der Waals surface area contributed by atoms with Crippen LogP contribution in [0.1, 0.15) is 5.56 Å². The molecule has 0 radical (unpaired) electrons. The Morgan fingerprint density at radius 2 is 2.05 bits per heavy atom. The first-order chi connectivity index (χ1) is 9.57. The molecule has 1 fully saturated rings. The topological polar surface area (TPSA) is 86.6 Å². The molecular formula is C12H17BrClN3O3S2. The summed E-state index contributed by atoms with van der Waals surface area (Å²) in [5, 5.41) is 17.0. The smallest absolute Gasteiger partial charge is 0.310 e. The largest absolute Gasteiger partial charge is 1.00 e. The summed E-state index contributed by atoms with van der Waals surface area (Å²) in [5.74, 6) is 0.378. The molecule has 1 atom stereocenters. The van der Waals surface area contributed by atoms with E-state index in [2.05, 4.69) is 0 Å². The number of rotatable bonds is 2. The van der Waals surface area contributed by atoms with E-state index in [9.17, 15) is 13.5 Å². The summed E-state index contributed by atoms with van der Waals surface area (Å²) >= 11 is 7.36. The molecule has 22 heavy (non-hydrogen) atoms. The van der Waals surface area contributed by atoms with Crippen LogP contribution in [0.2, 0.25) is 5.02 Å². The summed E-state index contributed by atoms with van der Waals surface area (Å²) in [4.78, 5) is 1.51. The van der Waals surface area contributed by atoms with Gasteiger partial charge in [-0.05, 0) is 23.9 Å². The lowest BCUT2D eigenvalue weighted by molar-refractivity contribution is -0.467. The number of sulfonamides is 1. The van der Waals surface area contributed by atoms with Gasteiger partial charge in [-0.3, -0.25) is 4.58 Å². The van der Waals surface area contributed by atoms with Gasteiger partial charge in [0.25, 0.3) is 0 Å². The van der Waals surface area contributed by atoms with Gasteiger partial charge in [0, 0.05) is 5.56 Å². The predicted molar refractivity (Wildman–Crippen MR) is 84.1 cm³/mol. The van der Waals surface area contributed by atoms with Gasteiger partial charge in [-0.15, -0.1) is 0 Å². The molecule has 0 aliphatic carbocycles. The van der Waals surface area contributed by atoms with Crippen LogP contribution in [0.4, 0.5) is 0 Å². The highest BCUT2D eigenvalue weighted by atomic mass is 79.9. The van der Waals surface area contributed by atoms with Crippen molar-refractivity contribution in [2.45, 2.75) is 10.6 Å². The van der Waals surface area contributed by atoms with Gasteiger partial charge in [0.2, 0.25) is 15.7 Å². The van der Waals surface area contributed by atoms with Crippen molar-refractivity contribution in [3.05, 3.63) is 28.8 Å². The zero-order valence-corrected chi connectivity index (χ0v) is 16.2. The molecular weight excluding hydrogens is 414 g/mol. The van der Waals surface area contributed by atoms with Crippen LogP contribution in [0, 0.1) is 0 Å².